The van der Waals surface area contributed by atoms with Gasteiger partial charge in [-0.15, -0.1) is 11.8 Å². The Balaban J connectivity index is 1.63. The molecule has 7 rings (SSSR count). The quantitative estimate of drug-likeness (QED) is 0.415. The van der Waals surface area contributed by atoms with Crippen LogP contribution >= 0.6 is 23.4 Å². The molecular formula is C26H19ClN2O3S. The van der Waals surface area contributed by atoms with Gasteiger partial charge in [-0.25, -0.2) is 0 Å². The SMILES string of the molecule is O=C1Oc2ccccc2[C@@]12[C@H](c1ccc(Cl)cc1)[C@H]1CSCN1[C@]21C(=O)Nc2ccccc21. The molecule has 4 aliphatic heterocycles. The third kappa shape index (κ3) is 2.15. The summed E-state index contributed by atoms with van der Waals surface area (Å²) in [4.78, 5) is 30.6. The lowest BCUT2D eigenvalue weighted by molar-refractivity contribution is -0.147. The molecule has 0 unspecified atom stereocenters. The second-order valence-corrected chi connectivity index (χ2v) is 10.4. The molecule has 33 heavy (non-hydrogen) atoms. The van der Waals surface area contributed by atoms with Gasteiger partial charge in [-0.05, 0) is 29.8 Å². The minimum Gasteiger partial charge on any atom is -0.425 e. The van der Waals surface area contributed by atoms with Gasteiger partial charge >= 0.3 is 5.97 Å². The van der Waals surface area contributed by atoms with E-state index in [1.807, 2.05) is 72.8 Å². The van der Waals surface area contributed by atoms with E-state index in [-0.39, 0.29) is 23.8 Å². The fourth-order valence-corrected chi connectivity index (χ4v) is 8.12. The molecule has 0 aromatic heterocycles. The van der Waals surface area contributed by atoms with Crippen LogP contribution in [0, 0.1) is 0 Å². The van der Waals surface area contributed by atoms with Crippen molar-refractivity contribution >= 4 is 40.9 Å². The van der Waals surface area contributed by atoms with Crippen molar-refractivity contribution < 1.29 is 14.3 Å². The van der Waals surface area contributed by atoms with Gasteiger partial charge in [0.05, 0.1) is 0 Å². The molecule has 3 aromatic rings. The van der Waals surface area contributed by atoms with E-state index in [9.17, 15) is 9.59 Å². The number of hydrogen-bond acceptors (Lipinski definition) is 5. The lowest BCUT2D eigenvalue weighted by atomic mass is 9.57. The van der Waals surface area contributed by atoms with Crippen LogP contribution in [0.15, 0.2) is 72.8 Å². The van der Waals surface area contributed by atoms with Gasteiger partial charge in [-0.1, -0.05) is 60.1 Å². The summed E-state index contributed by atoms with van der Waals surface area (Å²) in [6, 6.07) is 23.0. The van der Waals surface area contributed by atoms with Gasteiger partial charge in [0.1, 0.15) is 11.2 Å². The maximum atomic E-state index is 14.2. The number of thioether (sulfide) groups is 1. The monoisotopic (exact) mass is 474 g/mol. The molecule has 1 N–H and O–H groups in total. The highest BCUT2D eigenvalue weighted by Gasteiger charge is 2.81. The molecule has 0 radical (unpaired) electrons. The van der Waals surface area contributed by atoms with E-state index in [0.29, 0.717) is 16.6 Å². The average Bonchev–Trinajstić information content (AvgIpc) is 3.53. The van der Waals surface area contributed by atoms with E-state index < -0.39 is 11.0 Å². The molecule has 0 bridgehead atoms. The van der Waals surface area contributed by atoms with Gasteiger partial charge in [-0.2, -0.15) is 0 Å². The molecule has 4 heterocycles. The molecule has 2 spiro atoms. The highest BCUT2D eigenvalue weighted by Crippen LogP contribution is 2.70. The fourth-order valence-electron chi connectivity index (χ4n) is 6.69. The first-order valence-corrected chi connectivity index (χ1v) is 12.5. The van der Waals surface area contributed by atoms with Crippen molar-refractivity contribution in [3.05, 3.63) is 94.5 Å². The molecule has 164 valence electrons. The van der Waals surface area contributed by atoms with Gasteiger partial charge in [0.25, 0.3) is 5.91 Å². The Bertz CT molecular complexity index is 1350. The molecule has 0 aliphatic carbocycles. The van der Waals surface area contributed by atoms with Crippen molar-refractivity contribution in [3.8, 4) is 5.75 Å². The van der Waals surface area contributed by atoms with Gasteiger partial charge in [0.15, 0.2) is 5.54 Å². The molecule has 1 amide bonds. The molecule has 5 nitrogen and oxygen atoms in total. The van der Waals surface area contributed by atoms with Gasteiger partial charge in [0, 0.05) is 45.4 Å². The number of esters is 1. The van der Waals surface area contributed by atoms with Gasteiger partial charge < -0.3 is 10.1 Å². The van der Waals surface area contributed by atoms with E-state index in [2.05, 4.69) is 10.2 Å². The molecule has 2 fully saturated rings. The Morgan fingerprint density at radius 1 is 0.970 bits per heavy atom. The fraction of sp³-hybridized carbons (Fsp3) is 0.231. The number of carbonyl (C=O) groups excluding carboxylic acids is 2. The predicted octanol–water partition coefficient (Wildman–Crippen LogP) is 4.52. The van der Waals surface area contributed by atoms with Gasteiger partial charge in [-0.3, -0.25) is 14.5 Å². The minimum atomic E-state index is -1.22. The summed E-state index contributed by atoms with van der Waals surface area (Å²) in [5, 5.41) is 3.74. The number of para-hydroxylation sites is 2. The normalized spacial score (nSPS) is 31.5. The number of nitrogens with one attached hydrogen (secondary N) is 1. The Hall–Kier alpha value is -2.80. The second-order valence-electron chi connectivity index (χ2n) is 8.97. The predicted molar refractivity (Wildman–Crippen MR) is 128 cm³/mol. The van der Waals surface area contributed by atoms with Crippen molar-refractivity contribution in [3.63, 3.8) is 0 Å². The Morgan fingerprint density at radius 3 is 2.52 bits per heavy atom. The van der Waals surface area contributed by atoms with Crippen LogP contribution in [-0.2, 0) is 20.5 Å². The third-order valence-corrected chi connectivity index (χ3v) is 9.02. The van der Waals surface area contributed by atoms with Crippen LogP contribution in [0.5, 0.6) is 5.75 Å². The lowest BCUT2D eigenvalue weighted by Gasteiger charge is -2.42. The number of ether oxygens (including phenoxy) is 1. The number of anilines is 1. The molecule has 7 heteroatoms. The van der Waals surface area contributed by atoms with E-state index in [0.717, 1.165) is 28.1 Å². The molecule has 0 saturated carbocycles. The maximum absolute atomic E-state index is 14.2. The summed E-state index contributed by atoms with van der Waals surface area (Å²) in [5.41, 5.74) is 0.936. The molecule has 4 atom stereocenters. The van der Waals surface area contributed by atoms with Crippen LogP contribution in [0.2, 0.25) is 5.02 Å². The molecule has 3 aromatic carbocycles. The van der Waals surface area contributed by atoms with E-state index >= 15 is 0 Å². The zero-order chi connectivity index (χ0) is 22.4. The maximum Gasteiger partial charge on any atom is 0.325 e. The van der Waals surface area contributed by atoms with Crippen LogP contribution in [0.3, 0.4) is 0 Å². The van der Waals surface area contributed by atoms with Crippen LogP contribution in [0.1, 0.15) is 22.6 Å². The van der Waals surface area contributed by atoms with Crippen LogP contribution < -0.4 is 10.1 Å². The number of nitrogens with zero attached hydrogens (tertiary/aromatic N) is 1. The van der Waals surface area contributed by atoms with Crippen molar-refractivity contribution in [2.45, 2.75) is 22.9 Å². The first-order chi connectivity index (χ1) is 16.1. The zero-order valence-electron chi connectivity index (χ0n) is 17.5. The summed E-state index contributed by atoms with van der Waals surface area (Å²) >= 11 is 8.03. The van der Waals surface area contributed by atoms with Crippen molar-refractivity contribution in [2.75, 3.05) is 16.9 Å². The molecular weight excluding hydrogens is 456 g/mol. The highest BCUT2D eigenvalue weighted by molar-refractivity contribution is 7.99. The standard InChI is InChI=1S/C26H19ClN2O3S/c27-16-11-9-15(10-12-16)22-20-13-33-14-29(20)26(17-5-1-3-7-19(17)28-23(26)30)25(22)18-6-2-4-8-21(18)32-24(25)31/h1-12,20,22H,13-14H2,(H,28,30)/t20-,22-,25-,26-/m1/s1. The Labute approximate surface area is 200 Å². The van der Waals surface area contributed by atoms with Crippen molar-refractivity contribution in [1.82, 2.24) is 4.90 Å². The zero-order valence-corrected chi connectivity index (χ0v) is 19.0. The van der Waals surface area contributed by atoms with Gasteiger partial charge in [0.2, 0.25) is 0 Å². The van der Waals surface area contributed by atoms with Crippen molar-refractivity contribution in [2.24, 2.45) is 0 Å². The third-order valence-electron chi connectivity index (χ3n) is 7.73. The van der Waals surface area contributed by atoms with Crippen LogP contribution in [-0.4, -0.2) is 34.4 Å². The van der Waals surface area contributed by atoms with E-state index in [1.165, 1.54) is 0 Å². The topological polar surface area (TPSA) is 58.6 Å². The number of fused-ring (bicyclic) bond motifs is 7. The summed E-state index contributed by atoms with van der Waals surface area (Å²) in [6.45, 7) is 0. The van der Waals surface area contributed by atoms with E-state index in [4.69, 9.17) is 16.3 Å². The van der Waals surface area contributed by atoms with Crippen LogP contribution in [0.25, 0.3) is 0 Å². The smallest absolute Gasteiger partial charge is 0.325 e. The highest BCUT2D eigenvalue weighted by atomic mass is 35.5. The average molecular weight is 475 g/mol. The van der Waals surface area contributed by atoms with E-state index in [1.54, 1.807) is 11.8 Å². The first-order valence-electron chi connectivity index (χ1n) is 10.9. The number of benzene rings is 3. The Morgan fingerprint density at radius 2 is 1.70 bits per heavy atom. The number of halogens is 1. The summed E-state index contributed by atoms with van der Waals surface area (Å²) in [6.07, 6.45) is 0. The number of amides is 1. The Kier molecular flexibility index (Phi) is 3.95. The molecule has 4 aliphatic rings. The van der Waals surface area contributed by atoms with Crippen molar-refractivity contribution in [1.29, 1.82) is 0 Å². The second kappa shape index (κ2) is 6.63. The lowest BCUT2D eigenvalue weighted by Crippen LogP contribution is -2.61. The summed E-state index contributed by atoms with van der Waals surface area (Å²) in [5.74, 6) is 1.20. The summed E-state index contributed by atoms with van der Waals surface area (Å²) in [7, 11) is 0. The first kappa shape index (κ1) is 19.6. The minimum absolute atomic E-state index is 0.0215. The number of carbonyl (C=O) groups is 2. The number of rotatable bonds is 1. The largest absolute Gasteiger partial charge is 0.425 e. The number of hydrogen-bond donors (Lipinski definition) is 1. The molecule has 2 saturated heterocycles. The summed E-state index contributed by atoms with van der Waals surface area (Å²) < 4.78 is 5.96. The van der Waals surface area contributed by atoms with Crippen LogP contribution in [0.4, 0.5) is 5.69 Å².